The summed E-state index contributed by atoms with van der Waals surface area (Å²) in [6.07, 6.45) is 0. The van der Waals surface area contributed by atoms with Gasteiger partial charge >= 0.3 is 0 Å². The van der Waals surface area contributed by atoms with E-state index in [-0.39, 0.29) is 0 Å². The Morgan fingerprint density at radius 2 is 0.879 bits per heavy atom. The first-order chi connectivity index (χ1) is 15.6. The molecule has 0 unspecified atom stereocenters. The topological polar surface area (TPSA) is 40.5 Å². The van der Waals surface area contributed by atoms with E-state index in [4.69, 9.17) is 0 Å². The molecule has 0 spiro atoms. The van der Waals surface area contributed by atoms with Crippen LogP contribution in [0.2, 0.25) is 0 Å². The summed E-state index contributed by atoms with van der Waals surface area (Å²) in [5, 5.41) is 21.7. The smallest absolute Gasteiger partial charge is 0.122 e. The van der Waals surface area contributed by atoms with E-state index in [2.05, 4.69) is 50.2 Å². The number of rotatable bonds is 4. The van der Waals surface area contributed by atoms with Crippen molar-refractivity contribution in [2.45, 2.75) is 47.0 Å². The molecule has 0 aromatic heterocycles. The van der Waals surface area contributed by atoms with Gasteiger partial charge in [0.25, 0.3) is 0 Å². The maximum absolute atomic E-state index is 10.8. The molecule has 0 atom stereocenters. The second-order valence-corrected chi connectivity index (χ2v) is 9.54. The van der Waals surface area contributed by atoms with Crippen molar-refractivity contribution in [3.8, 4) is 33.8 Å². The van der Waals surface area contributed by atoms with Crippen LogP contribution in [-0.2, 0) is 5.41 Å². The quantitative estimate of drug-likeness (QED) is 0.340. The SMILES string of the molecule is Cc1cc(C(C)(C)c2cc(C)c(O)c(C)c2-c2ccccc2)c(-c2ccccc2)c(C)c1O. The van der Waals surface area contributed by atoms with Crippen molar-refractivity contribution in [3.05, 3.63) is 106 Å². The summed E-state index contributed by atoms with van der Waals surface area (Å²) in [6.45, 7) is 12.4. The standard InChI is InChI=1S/C31H32O2/c1-19-17-25(27(21(3)29(19)32)23-13-9-7-10-14-23)31(5,6)26-18-20(2)30(33)22(4)28(26)24-15-11-8-12-16-24/h7-18,32-33H,1-6H3. The molecule has 4 aromatic carbocycles. The molecule has 0 aliphatic heterocycles. The lowest BCUT2D eigenvalue weighted by Gasteiger charge is -2.34. The first-order valence-electron chi connectivity index (χ1n) is 11.4. The van der Waals surface area contributed by atoms with Crippen LogP contribution in [-0.4, -0.2) is 10.2 Å². The van der Waals surface area contributed by atoms with Gasteiger partial charge in [0, 0.05) is 5.41 Å². The zero-order chi connectivity index (χ0) is 23.9. The molecule has 4 rings (SSSR count). The molecular formula is C31H32O2. The Morgan fingerprint density at radius 1 is 0.545 bits per heavy atom. The molecular weight excluding hydrogens is 404 g/mol. The highest BCUT2D eigenvalue weighted by Gasteiger charge is 2.32. The zero-order valence-electron chi connectivity index (χ0n) is 20.3. The van der Waals surface area contributed by atoms with Gasteiger partial charge in [-0.3, -0.25) is 0 Å². The van der Waals surface area contributed by atoms with Gasteiger partial charge in [-0.2, -0.15) is 0 Å². The number of hydrogen-bond donors (Lipinski definition) is 2. The third-order valence-corrected chi connectivity index (χ3v) is 6.94. The monoisotopic (exact) mass is 436 g/mol. The van der Waals surface area contributed by atoms with Gasteiger partial charge in [-0.15, -0.1) is 0 Å². The highest BCUT2D eigenvalue weighted by Crippen LogP contribution is 2.48. The van der Waals surface area contributed by atoms with Gasteiger partial charge in [0.15, 0.2) is 0 Å². The van der Waals surface area contributed by atoms with Crippen LogP contribution in [0.3, 0.4) is 0 Å². The molecule has 0 radical (unpaired) electrons. The van der Waals surface area contributed by atoms with E-state index in [1.54, 1.807) is 0 Å². The van der Waals surface area contributed by atoms with Crippen molar-refractivity contribution in [3.63, 3.8) is 0 Å². The van der Waals surface area contributed by atoms with Crippen LogP contribution < -0.4 is 0 Å². The van der Waals surface area contributed by atoms with Crippen molar-refractivity contribution in [1.29, 1.82) is 0 Å². The Kier molecular flexibility index (Phi) is 5.80. The lowest BCUT2D eigenvalue weighted by atomic mass is 9.70. The summed E-state index contributed by atoms with van der Waals surface area (Å²) in [4.78, 5) is 0. The van der Waals surface area contributed by atoms with Crippen LogP contribution in [0.15, 0.2) is 72.8 Å². The molecule has 2 N–H and O–H groups in total. The fraction of sp³-hybridized carbons (Fsp3) is 0.226. The maximum atomic E-state index is 10.8. The predicted molar refractivity (Wildman–Crippen MR) is 138 cm³/mol. The van der Waals surface area contributed by atoms with Crippen LogP contribution in [0.4, 0.5) is 0 Å². The number of phenols is 2. The first kappa shape index (κ1) is 22.7. The molecule has 2 nitrogen and oxygen atoms in total. The van der Waals surface area contributed by atoms with Crippen LogP contribution >= 0.6 is 0 Å². The summed E-state index contributed by atoms with van der Waals surface area (Å²) in [5.41, 5.74) is 9.71. The van der Waals surface area contributed by atoms with E-state index in [1.807, 2.05) is 64.1 Å². The molecule has 0 saturated carbocycles. The molecule has 168 valence electrons. The van der Waals surface area contributed by atoms with Gasteiger partial charge in [0.2, 0.25) is 0 Å². The van der Waals surface area contributed by atoms with Crippen LogP contribution in [0.25, 0.3) is 22.3 Å². The van der Waals surface area contributed by atoms with Gasteiger partial charge in [0.1, 0.15) is 11.5 Å². The minimum absolute atomic E-state index is 0.342. The van der Waals surface area contributed by atoms with E-state index >= 15 is 0 Å². The largest absolute Gasteiger partial charge is 0.507 e. The maximum Gasteiger partial charge on any atom is 0.122 e. The van der Waals surface area contributed by atoms with Crippen molar-refractivity contribution < 1.29 is 10.2 Å². The van der Waals surface area contributed by atoms with E-state index in [0.717, 1.165) is 55.6 Å². The lowest BCUT2D eigenvalue weighted by Crippen LogP contribution is -2.23. The fourth-order valence-corrected chi connectivity index (χ4v) is 5.03. The second kappa shape index (κ2) is 8.44. The Labute approximate surface area is 197 Å². The van der Waals surface area contributed by atoms with Gasteiger partial charge in [-0.1, -0.05) is 86.6 Å². The Morgan fingerprint density at radius 3 is 1.21 bits per heavy atom. The van der Waals surface area contributed by atoms with E-state index in [1.165, 1.54) is 0 Å². The highest BCUT2D eigenvalue weighted by molar-refractivity contribution is 5.81. The van der Waals surface area contributed by atoms with E-state index in [9.17, 15) is 10.2 Å². The summed E-state index contributed by atoms with van der Waals surface area (Å²) in [5.74, 6) is 0.685. The van der Waals surface area contributed by atoms with Crippen LogP contribution in [0.5, 0.6) is 11.5 Å². The predicted octanol–water partition coefficient (Wildman–Crippen LogP) is 7.99. The summed E-state index contributed by atoms with van der Waals surface area (Å²) >= 11 is 0. The molecule has 0 saturated heterocycles. The van der Waals surface area contributed by atoms with Gasteiger partial charge in [0.05, 0.1) is 0 Å². The summed E-state index contributed by atoms with van der Waals surface area (Å²) < 4.78 is 0. The molecule has 0 heterocycles. The van der Waals surface area contributed by atoms with E-state index < -0.39 is 5.41 Å². The van der Waals surface area contributed by atoms with Crippen molar-refractivity contribution in [2.24, 2.45) is 0 Å². The summed E-state index contributed by atoms with van der Waals surface area (Å²) in [7, 11) is 0. The summed E-state index contributed by atoms with van der Waals surface area (Å²) in [6, 6.07) is 24.8. The van der Waals surface area contributed by atoms with Gasteiger partial charge in [-0.05, 0) is 83.3 Å². The third-order valence-electron chi connectivity index (χ3n) is 6.94. The molecule has 33 heavy (non-hydrogen) atoms. The number of hydrogen-bond acceptors (Lipinski definition) is 2. The molecule has 0 amide bonds. The molecule has 0 aliphatic carbocycles. The number of benzene rings is 4. The average Bonchev–Trinajstić information content (AvgIpc) is 2.81. The Bertz CT molecular complexity index is 1210. The fourth-order valence-electron chi connectivity index (χ4n) is 5.03. The Balaban J connectivity index is 2.09. The zero-order valence-corrected chi connectivity index (χ0v) is 20.3. The molecule has 0 bridgehead atoms. The average molecular weight is 437 g/mol. The third kappa shape index (κ3) is 3.80. The van der Waals surface area contributed by atoms with Gasteiger partial charge < -0.3 is 10.2 Å². The molecule has 0 fully saturated rings. The minimum Gasteiger partial charge on any atom is -0.507 e. The lowest BCUT2D eigenvalue weighted by molar-refractivity contribution is 0.465. The minimum atomic E-state index is -0.400. The Hall–Kier alpha value is -3.52. The van der Waals surface area contributed by atoms with Gasteiger partial charge in [-0.25, -0.2) is 0 Å². The number of aromatic hydroxyl groups is 2. The van der Waals surface area contributed by atoms with E-state index in [0.29, 0.717) is 11.5 Å². The normalized spacial score (nSPS) is 11.6. The van der Waals surface area contributed by atoms with Crippen molar-refractivity contribution in [2.75, 3.05) is 0 Å². The van der Waals surface area contributed by atoms with Crippen LogP contribution in [0, 0.1) is 27.7 Å². The molecule has 4 aromatic rings. The second-order valence-electron chi connectivity index (χ2n) is 9.54. The highest BCUT2D eigenvalue weighted by atomic mass is 16.3. The number of aryl methyl sites for hydroxylation is 2. The van der Waals surface area contributed by atoms with Crippen molar-refractivity contribution >= 4 is 0 Å². The molecule has 0 aliphatic rings. The molecule has 2 heteroatoms. The number of phenolic OH excluding ortho intramolecular Hbond substituents is 2. The first-order valence-corrected chi connectivity index (χ1v) is 11.4. The van der Waals surface area contributed by atoms with Crippen LogP contribution in [0.1, 0.15) is 47.2 Å². The van der Waals surface area contributed by atoms with Crippen molar-refractivity contribution in [1.82, 2.24) is 0 Å².